The minimum Gasteiger partial charge on any atom is -0.480 e. The van der Waals surface area contributed by atoms with Gasteiger partial charge >= 0.3 is 0 Å². The van der Waals surface area contributed by atoms with Crippen LogP contribution < -0.4 is 15.4 Å². The van der Waals surface area contributed by atoms with Gasteiger partial charge in [0.1, 0.15) is 5.75 Å². The van der Waals surface area contributed by atoms with Crippen molar-refractivity contribution in [3.8, 4) is 5.75 Å². The second-order valence-electron chi connectivity index (χ2n) is 5.61. The fourth-order valence-corrected chi connectivity index (χ4v) is 2.65. The summed E-state index contributed by atoms with van der Waals surface area (Å²) in [6.45, 7) is 9.74. The Morgan fingerprint density at radius 3 is 2.57 bits per heavy atom. The summed E-state index contributed by atoms with van der Waals surface area (Å²) in [5, 5.41) is 6.02. The summed E-state index contributed by atoms with van der Waals surface area (Å²) < 4.78 is 6.88. The summed E-state index contributed by atoms with van der Waals surface area (Å²) in [6, 6.07) is 4.03. The third kappa shape index (κ3) is 5.67. The van der Waals surface area contributed by atoms with E-state index in [0.29, 0.717) is 12.5 Å². The molecular formula is C16H25BrN2O2. The number of amides is 1. The minimum absolute atomic E-state index is 0.126. The van der Waals surface area contributed by atoms with E-state index in [-0.39, 0.29) is 5.91 Å². The highest BCUT2D eigenvalue weighted by atomic mass is 79.9. The lowest BCUT2D eigenvalue weighted by Gasteiger charge is -2.19. The highest BCUT2D eigenvalue weighted by Crippen LogP contribution is 2.29. The molecule has 2 N–H and O–H groups in total. The molecule has 0 heterocycles. The van der Waals surface area contributed by atoms with Gasteiger partial charge in [-0.15, -0.1) is 0 Å². The average molecular weight is 357 g/mol. The monoisotopic (exact) mass is 356 g/mol. The largest absolute Gasteiger partial charge is 0.480 e. The lowest BCUT2D eigenvalue weighted by atomic mass is 10.1. The zero-order valence-corrected chi connectivity index (χ0v) is 15.0. The van der Waals surface area contributed by atoms with Crippen LogP contribution in [-0.2, 0) is 11.3 Å². The Hall–Kier alpha value is -1.07. The Balaban J connectivity index is 2.92. The molecule has 0 bridgehead atoms. The van der Waals surface area contributed by atoms with Gasteiger partial charge in [-0.25, -0.2) is 0 Å². The molecule has 0 aromatic heterocycles. The van der Waals surface area contributed by atoms with Crippen LogP contribution in [0.15, 0.2) is 16.6 Å². The molecule has 1 aromatic carbocycles. The number of rotatable bonds is 7. The van der Waals surface area contributed by atoms with Crippen LogP contribution in [0, 0.1) is 12.8 Å². The molecule has 1 unspecified atom stereocenters. The van der Waals surface area contributed by atoms with Crippen LogP contribution in [0.3, 0.4) is 0 Å². The molecule has 5 heteroatoms. The average Bonchev–Trinajstić information content (AvgIpc) is 2.40. The van der Waals surface area contributed by atoms with E-state index in [1.807, 2.05) is 19.1 Å². The molecular weight excluding hydrogens is 332 g/mol. The SMILES string of the molecule is CNC(=O)C(C)Oc1c(C)cc(Br)cc1CNCC(C)C. The third-order valence-corrected chi connectivity index (χ3v) is 3.55. The van der Waals surface area contributed by atoms with Crippen molar-refractivity contribution in [3.05, 3.63) is 27.7 Å². The van der Waals surface area contributed by atoms with E-state index in [4.69, 9.17) is 4.74 Å². The van der Waals surface area contributed by atoms with Crippen molar-refractivity contribution < 1.29 is 9.53 Å². The Morgan fingerprint density at radius 2 is 2.00 bits per heavy atom. The number of ether oxygens (including phenoxy) is 1. The van der Waals surface area contributed by atoms with Gasteiger partial charge in [-0.1, -0.05) is 29.8 Å². The molecule has 118 valence electrons. The van der Waals surface area contributed by atoms with Crippen molar-refractivity contribution in [2.45, 2.75) is 40.3 Å². The molecule has 1 amide bonds. The summed E-state index contributed by atoms with van der Waals surface area (Å²) >= 11 is 3.51. The first kappa shape index (κ1) is 18.0. The first-order chi connectivity index (χ1) is 9.85. The third-order valence-electron chi connectivity index (χ3n) is 3.09. The number of carbonyl (C=O) groups is 1. The van der Waals surface area contributed by atoms with Gasteiger partial charge in [0, 0.05) is 23.6 Å². The van der Waals surface area contributed by atoms with Crippen molar-refractivity contribution in [2.24, 2.45) is 5.92 Å². The maximum atomic E-state index is 11.6. The summed E-state index contributed by atoms with van der Waals surface area (Å²) in [5.41, 5.74) is 2.07. The maximum absolute atomic E-state index is 11.6. The van der Waals surface area contributed by atoms with Crippen molar-refractivity contribution >= 4 is 21.8 Å². The minimum atomic E-state index is -0.515. The van der Waals surface area contributed by atoms with Crippen LogP contribution in [-0.4, -0.2) is 25.6 Å². The lowest BCUT2D eigenvalue weighted by molar-refractivity contribution is -0.126. The van der Waals surface area contributed by atoms with Gasteiger partial charge in [-0.2, -0.15) is 0 Å². The van der Waals surface area contributed by atoms with Gasteiger partial charge in [-0.05, 0) is 44.0 Å². The molecule has 1 aromatic rings. The Labute approximate surface area is 135 Å². The molecule has 1 rings (SSSR count). The molecule has 0 aliphatic carbocycles. The van der Waals surface area contributed by atoms with Crippen molar-refractivity contribution in [1.82, 2.24) is 10.6 Å². The number of aryl methyl sites for hydroxylation is 1. The standard InChI is InChI=1S/C16H25BrN2O2/c1-10(2)8-19-9-13-7-14(17)6-11(3)15(13)21-12(4)16(20)18-5/h6-7,10,12,19H,8-9H2,1-5H3,(H,18,20). The number of carbonyl (C=O) groups excluding carboxylic acids is 1. The second kappa shape index (κ2) is 8.39. The van der Waals surface area contributed by atoms with Crippen LogP contribution in [0.1, 0.15) is 31.9 Å². The normalized spacial score (nSPS) is 12.3. The van der Waals surface area contributed by atoms with Gasteiger partial charge in [0.25, 0.3) is 5.91 Å². The van der Waals surface area contributed by atoms with E-state index in [2.05, 4.69) is 40.4 Å². The Kier molecular flexibility index (Phi) is 7.18. The molecule has 21 heavy (non-hydrogen) atoms. The lowest BCUT2D eigenvalue weighted by Crippen LogP contribution is -2.34. The first-order valence-corrected chi connectivity index (χ1v) is 8.02. The number of benzene rings is 1. The van der Waals surface area contributed by atoms with E-state index in [9.17, 15) is 4.79 Å². The predicted molar refractivity (Wildman–Crippen MR) is 89.6 cm³/mol. The molecule has 0 radical (unpaired) electrons. The van der Waals surface area contributed by atoms with E-state index in [1.165, 1.54) is 0 Å². The highest BCUT2D eigenvalue weighted by molar-refractivity contribution is 9.10. The van der Waals surface area contributed by atoms with Crippen LogP contribution in [0.25, 0.3) is 0 Å². The smallest absolute Gasteiger partial charge is 0.260 e. The highest BCUT2D eigenvalue weighted by Gasteiger charge is 2.17. The van der Waals surface area contributed by atoms with Crippen LogP contribution >= 0.6 is 15.9 Å². The van der Waals surface area contributed by atoms with E-state index < -0.39 is 6.10 Å². The molecule has 4 nitrogen and oxygen atoms in total. The van der Waals surface area contributed by atoms with Crippen molar-refractivity contribution in [1.29, 1.82) is 0 Å². The number of hydrogen-bond acceptors (Lipinski definition) is 3. The van der Waals surface area contributed by atoms with E-state index in [0.717, 1.165) is 27.9 Å². The number of likely N-dealkylation sites (N-methyl/N-ethyl adjacent to an activating group) is 1. The fourth-order valence-electron chi connectivity index (χ4n) is 2.03. The Bertz CT molecular complexity index is 489. The molecule has 0 aliphatic rings. The van der Waals surface area contributed by atoms with Crippen molar-refractivity contribution in [3.63, 3.8) is 0 Å². The number of halogens is 1. The Morgan fingerprint density at radius 1 is 1.33 bits per heavy atom. The number of nitrogens with one attached hydrogen (secondary N) is 2. The van der Waals surface area contributed by atoms with E-state index >= 15 is 0 Å². The van der Waals surface area contributed by atoms with Crippen LogP contribution in [0.2, 0.25) is 0 Å². The van der Waals surface area contributed by atoms with Gasteiger partial charge < -0.3 is 15.4 Å². The van der Waals surface area contributed by atoms with E-state index in [1.54, 1.807) is 14.0 Å². The summed E-state index contributed by atoms with van der Waals surface area (Å²) in [5.74, 6) is 1.25. The fraction of sp³-hybridized carbons (Fsp3) is 0.562. The van der Waals surface area contributed by atoms with Crippen LogP contribution in [0.4, 0.5) is 0 Å². The van der Waals surface area contributed by atoms with Crippen molar-refractivity contribution in [2.75, 3.05) is 13.6 Å². The van der Waals surface area contributed by atoms with Gasteiger partial charge in [-0.3, -0.25) is 4.79 Å². The quantitative estimate of drug-likeness (QED) is 0.789. The molecule has 0 fully saturated rings. The number of hydrogen-bond donors (Lipinski definition) is 2. The maximum Gasteiger partial charge on any atom is 0.260 e. The zero-order valence-electron chi connectivity index (χ0n) is 13.4. The summed E-state index contributed by atoms with van der Waals surface area (Å²) in [6.07, 6.45) is -0.515. The first-order valence-electron chi connectivity index (χ1n) is 7.23. The summed E-state index contributed by atoms with van der Waals surface area (Å²) in [7, 11) is 1.61. The van der Waals surface area contributed by atoms with Gasteiger partial charge in [0.2, 0.25) is 0 Å². The van der Waals surface area contributed by atoms with Gasteiger partial charge in [0.05, 0.1) is 0 Å². The van der Waals surface area contributed by atoms with Crippen LogP contribution in [0.5, 0.6) is 5.75 Å². The second-order valence-corrected chi connectivity index (χ2v) is 6.53. The molecule has 0 saturated heterocycles. The topological polar surface area (TPSA) is 50.4 Å². The summed E-state index contributed by atoms with van der Waals surface area (Å²) in [4.78, 5) is 11.6. The molecule has 0 saturated carbocycles. The van der Waals surface area contributed by atoms with Gasteiger partial charge in [0.15, 0.2) is 6.10 Å². The molecule has 0 aliphatic heterocycles. The molecule has 0 spiro atoms. The molecule has 1 atom stereocenters. The zero-order chi connectivity index (χ0) is 16.0. The predicted octanol–water partition coefficient (Wildman–Crippen LogP) is 3.02.